The van der Waals surface area contributed by atoms with Crippen molar-refractivity contribution in [3.05, 3.63) is 70.8 Å². The van der Waals surface area contributed by atoms with Gasteiger partial charge in [0, 0.05) is 25.7 Å². The van der Waals surface area contributed by atoms with Gasteiger partial charge in [-0.2, -0.15) is 5.26 Å². The molecule has 0 saturated carbocycles. The molecule has 0 radical (unpaired) electrons. The number of halogens is 3. The van der Waals surface area contributed by atoms with Crippen molar-refractivity contribution < 1.29 is 8.78 Å². The van der Waals surface area contributed by atoms with E-state index < -0.39 is 0 Å². The first-order valence-corrected chi connectivity index (χ1v) is 7.00. The van der Waals surface area contributed by atoms with Crippen LogP contribution in [-0.2, 0) is 13.1 Å². The SMILES string of the molecule is CN=C(NCc1ccc(F)cc1)NCc1cc(C#N)ccc1F.I. The zero-order valence-electron chi connectivity index (χ0n) is 13.0. The van der Waals surface area contributed by atoms with Crippen molar-refractivity contribution in [3.63, 3.8) is 0 Å². The molecule has 0 unspecified atom stereocenters. The summed E-state index contributed by atoms with van der Waals surface area (Å²) in [7, 11) is 1.60. The quantitative estimate of drug-likeness (QED) is 0.434. The molecule has 24 heavy (non-hydrogen) atoms. The molecule has 0 atom stereocenters. The normalized spacial score (nSPS) is 10.5. The number of nitrogens with zero attached hydrogens (tertiary/aromatic N) is 2. The molecular formula is C17H17F2IN4. The number of benzene rings is 2. The highest BCUT2D eigenvalue weighted by molar-refractivity contribution is 14.0. The number of nitriles is 1. The van der Waals surface area contributed by atoms with Crippen LogP contribution in [0.5, 0.6) is 0 Å². The summed E-state index contributed by atoms with van der Waals surface area (Å²) >= 11 is 0. The molecule has 7 heteroatoms. The molecule has 0 aliphatic rings. The smallest absolute Gasteiger partial charge is 0.191 e. The summed E-state index contributed by atoms with van der Waals surface area (Å²) in [6.07, 6.45) is 0. The minimum Gasteiger partial charge on any atom is -0.352 e. The summed E-state index contributed by atoms with van der Waals surface area (Å²) in [5.74, 6) is -0.189. The fraction of sp³-hybridized carbons (Fsp3) is 0.176. The van der Waals surface area contributed by atoms with Crippen molar-refractivity contribution in [2.45, 2.75) is 13.1 Å². The van der Waals surface area contributed by atoms with Crippen molar-refractivity contribution in [1.82, 2.24) is 10.6 Å². The van der Waals surface area contributed by atoms with E-state index in [-0.39, 0.29) is 42.2 Å². The summed E-state index contributed by atoms with van der Waals surface area (Å²) in [5, 5.41) is 14.9. The van der Waals surface area contributed by atoms with Crippen LogP contribution in [0, 0.1) is 23.0 Å². The van der Waals surface area contributed by atoms with E-state index in [2.05, 4.69) is 15.6 Å². The van der Waals surface area contributed by atoms with Crippen molar-refractivity contribution in [1.29, 1.82) is 5.26 Å². The topological polar surface area (TPSA) is 60.2 Å². The van der Waals surface area contributed by atoms with Gasteiger partial charge in [-0.1, -0.05) is 12.1 Å². The molecule has 0 spiro atoms. The second-order valence-electron chi connectivity index (χ2n) is 4.82. The minimum absolute atomic E-state index is 0. The Balaban J connectivity index is 0.00000288. The Bertz CT molecular complexity index is 739. The molecule has 2 N–H and O–H groups in total. The van der Waals surface area contributed by atoms with Gasteiger partial charge in [0.05, 0.1) is 11.6 Å². The summed E-state index contributed by atoms with van der Waals surface area (Å²) in [6, 6.07) is 12.3. The molecule has 0 heterocycles. The van der Waals surface area contributed by atoms with E-state index in [0.29, 0.717) is 23.6 Å². The lowest BCUT2D eigenvalue weighted by molar-refractivity contribution is 0.604. The number of rotatable bonds is 4. The fourth-order valence-electron chi connectivity index (χ4n) is 1.97. The molecule has 126 valence electrons. The summed E-state index contributed by atoms with van der Waals surface area (Å²) in [6.45, 7) is 0.658. The van der Waals surface area contributed by atoms with Crippen LogP contribution in [0.15, 0.2) is 47.5 Å². The van der Waals surface area contributed by atoms with E-state index in [1.54, 1.807) is 19.2 Å². The van der Waals surface area contributed by atoms with Gasteiger partial charge >= 0.3 is 0 Å². The summed E-state index contributed by atoms with van der Waals surface area (Å²) in [4.78, 5) is 4.04. The van der Waals surface area contributed by atoms with E-state index in [9.17, 15) is 8.78 Å². The summed E-state index contributed by atoms with van der Waals surface area (Å²) < 4.78 is 26.5. The molecule has 0 aliphatic heterocycles. The van der Waals surface area contributed by atoms with Crippen LogP contribution in [0.2, 0.25) is 0 Å². The van der Waals surface area contributed by atoms with Gasteiger partial charge in [0.1, 0.15) is 11.6 Å². The van der Waals surface area contributed by atoms with E-state index in [1.165, 1.54) is 30.3 Å². The monoisotopic (exact) mass is 442 g/mol. The van der Waals surface area contributed by atoms with Gasteiger partial charge in [-0.15, -0.1) is 24.0 Å². The van der Waals surface area contributed by atoms with Crippen LogP contribution < -0.4 is 10.6 Å². The van der Waals surface area contributed by atoms with Crippen LogP contribution in [0.1, 0.15) is 16.7 Å². The largest absolute Gasteiger partial charge is 0.352 e. The van der Waals surface area contributed by atoms with Crippen LogP contribution >= 0.6 is 24.0 Å². The number of nitrogens with one attached hydrogen (secondary N) is 2. The number of hydrogen-bond acceptors (Lipinski definition) is 2. The highest BCUT2D eigenvalue weighted by Crippen LogP contribution is 2.09. The Morgan fingerprint density at radius 3 is 2.38 bits per heavy atom. The Hall–Kier alpha value is -2.21. The van der Waals surface area contributed by atoms with Crippen LogP contribution in [0.4, 0.5) is 8.78 Å². The van der Waals surface area contributed by atoms with Crippen molar-refractivity contribution in [3.8, 4) is 6.07 Å². The average molecular weight is 442 g/mol. The standard InChI is InChI=1S/C17H16F2N4.HI/c1-21-17(22-10-12-2-5-15(18)6-3-12)23-11-14-8-13(9-20)4-7-16(14)19;/h2-8H,10-11H2,1H3,(H2,21,22,23);1H. The van der Waals surface area contributed by atoms with Gasteiger partial charge in [0.25, 0.3) is 0 Å². The zero-order chi connectivity index (χ0) is 16.7. The third-order valence-electron chi connectivity index (χ3n) is 3.22. The Labute approximate surface area is 156 Å². The highest BCUT2D eigenvalue weighted by Gasteiger charge is 2.05. The fourth-order valence-corrected chi connectivity index (χ4v) is 1.97. The third kappa shape index (κ3) is 5.77. The minimum atomic E-state index is -0.384. The predicted molar refractivity (Wildman–Crippen MR) is 100.0 cm³/mol. The first-order valence-electron chi connectivity index (χ1n) is 7.00. The number of aliphatic imine (C=N–C) groups is 1. The molecular weight excluding hydrogens is 425 g/mol. The van der Waals surface area contributed by atoms with Gasteiger partial charge in [-0.25, -0.2) is 8.78 Å². The summed E-state index contributed by atoms with van der Waals surface area (Å²) in [5.41, 5.74) is 1.68. The molecule has 2 aromatic carbocycles. The Kier molecular flexibility index (Phi) is 8.12. The molecule has 0 saturated heterocycles. The average Bonchev–Trinajstić information content (AvgIpc) is 2.58. The van der Waals surface area contributed by atoms with Gasteiger partial charge in [-0.3, -0.25) is 4.99 Å². The van der Waals surface area contributed by atoms with Crippen molar-refractivity contribution >= 4 is 29.9 Å². The van der Waals surface area contributed by atoms with Crippen LogP contribution in [0.3, 0.4) is 0 Å². The van der Waals surface area contributed by atoms with E-state index in [1.807, 2.05) is 6.07 Å². The maximum atomic E-state index is 13.7. The third-order valence-corrected chi connectivity index (χ3v) is 3.22. The van der Waals surface area contributed by atoms with Gasteiger partial charge in [0.2, 0.25) is 0 Å². The predicted octanol–water partition coefficient (Wildman–Crippen LogP) is 3.32. The van der Waals surface area contributed by atoms with Crippen LogP contribution in [0.25, 0.3) is 0 Å². The molecule has 2 rings (SSSR count). The first-order chi connectivity index (χ1) is 11.1. The lowest BCUT2D eigenvalue weighted by Gasteiger charge is -2.12. The molecule has 2 aromatic rings. The lowest BCUT2D eigenvalue weighted by atomic mass is 10.1. The maximum Gasteiger partial charge on any atom is 0.191 e. The molecule has 4 nitrogen and oxygen atoms in total. The van der Waals surface area contributed by atoms with Crippen LogP contribution in [-0.4, -0.2) is 13.0 Å². The second kappa shape index (κ2) is 9.82. The molecule has 0 fully saturated rings. The second-order valence-corrected chi connectivity index (χ2v) is 4.82. The molecule has 0 amide bonds. The number of guanidine groups is 1. The van der Waals surface area contributed by atoms with Gasteiger partial charge < -0.3 is 10.6 Å². The molecule has 0 bridgehead atoms. The lowest BCUT2D eigenvalue weighted by Crippen LogP contribution is -2.36. The van der Waals surface area contributed by atoms with Gasteiger partial charge in [0.15, 0.2) is 5.96 Å². The zero-order valence-corrected chi connectivity index (χ0v) is 15.3. The highest BCUT2D eigenvalue weighted by atomic mass is 127. The molecule has 0 aliphatic carbocycles. The maximum absolute atomic E-state index is 13.7. The Morgan fingerprint density at radius 1 is 1.08 bits per heavy atom. The van der Waals surface area contributed by atoms with E-state index >= 15 is 0 Å². The van der Waals surface area contributed by atoms with E-state index in [4.69, 9.17) is 5.26 Å². The first kappa shape index (κ1) is 19.8. The van der Waals surface area contributed by atoms with Crippen molar-refractivity contribution in [2.24, 2.45) is 4.99 Å². The Morgan fingerprint density at radius 2 is 1.75 bits per heavy atom. The molecule has 0 aromatic heterocycles. The van der Waals surface area contributed by atoms with Crippen molar-refractivity contribution in [2.75, 3.05) is 7.05 Å². The van der Waals surface area contributed by atoms with E-state index in [0.717, 1.165) is 5.56 Å². The number of hydrogen-bond donors (Lipinski definition) is 2. The van der Waals surface area contributed by atoms with Gasteiger partial charge in [-0.05, 0) is 35.9 Å².